The fraction of sp³-hybridized carbons (Fsp3) is 0.667. The molecule has 0 heterocycles. The molecule has 1 heteroatoms. The molecule has 1 rings (SSSR count). The molecule has 0 aromatic heterocycles. The zero-order chi connectivity index (χ0) is 14.4. The minimum Gasteiger partial charge on any atom is -0.317 e. The summed E-state index contributed by atoms with van der Waals surface area (Å²) in [5.41, 5.74) is 9.10. The van der Waals surface area contributed by atoms with E-state index < -0.39 is 0 Å². The molecule has 1 aromatic carbocycles. The lowest BCUT2D eigenvalue weighted by atomic mass is 9.87. The Hall–Kier alpha value is -0.820. The first-order chi connectivity index (χ1) is 9.00. The topological polar surface area (TPSA) is 12.0 Å². The van der Waals surface area contributed by atoms with E-state index in [0.29, 0.717) is 0 Å². The third-order valence-corrected chi connectivity index (χ3v) is 4.69. The summed E-state index contributed by atoms with van der Waals surface area (Å²) in [7, 11) is 0. The van der Waals surface area contributed by atoms with Crippen LogP contribution in [-0.2, 0) is 6.42 Å². The van der Waals surface area contributed by atoms with Crippen LogP contribution in [-0.4, -0.2) is 13.1 Å². The molecule has 1 N–H and O–H groups in total. The molecule has 0 atom stereocenters. The van der Waals surface area contributed by atoms with Crippen LogP contribution in [0.2, 0.25) is 0 Å². The number of nitrogens with one attached hydrogen (secondary N) is 1. The van der Waals surface area contributed by atoms with E-state index in [1.54, 1.807) is 5.56 Å². The van der Waals surface area contributed by atoms with E-state index in [2.05, 4.69) is 46.9 Å². The van der Waals surface area contributed by atoms with Crippen LogP contribution in [0.3, 0.4) is 0 Å². The summed E-state index contributed by atoms with van der Waals surface area (Å²) in [4.78, 5) is 0. The minimum atomic E-state index is 1.09. The lowest BCUT2D eigenvalue weighted by molar-refractivity contribution is 0.615. The van der Waals surface area contributed by atoms with Gasteiger partial charge in [0, 0.05) is 0 Å². The molecule has 0 fully saturated rings. The van der Waals surface area contributed by atoms with Gasteiger partial charge in [-0.2, -0.15) is 0 Å². The Bertz CT molecular complexity index is 389. The van der Waals surface area contributed by atoms with Crippen molar-refractivity contribution in [1.29, 1.82) is 0 Å². The highest BCUT2D eigenvalue weighted by Gasteiger charge is 2.11. The quantitative estimate of drug-likeness (QED) is 0.710. The molecule has 1 nitrogen and oxygen atoms in total. The Labute approximate surface area is 119 Å². The molecule has 0 saturated heterocycles. The van der Waals surface area contributed by atoms with Crippen LogP contribution in [0, 0.1) is 34.6 Å². The van der Waals surface area contributed by atoms with Crippen molar-refractivity contribution in [3.63, 3.8) is 0 Å². The van der Waals surface area contributed by atoms with Crippen molar-refractivity contribution >= 4 is 0 Å². The zero-order valence-electron chi connectivity index (χ0n) is 13.7. The molecule has 0 saturated carbocycles. The van der Waals surface area contributed by atoms with Crippen molar-refractivity contribution in [3.8, 4) is 0 Å². The number of benzene rings is 1. The normalized spacial score (nSPS) is 11.1. The van der Waals surface area contributed by atoms with Crippen molar-refractivity contribution in [3.05, 3.63) is 33.4 Å². The molecule has 19 heavy (non-hydrogen) atoms. The Balaban J connectivity index is 2.64. The smallest absolute Gasteiger partial charge is 0.00490 e. The molecule has 1 aromatic rings. The first-order valence-electron chi connectivity index (χ1n) is 7.77. The summed E-state index contributed by atoms with van der Waals surface area (Å²) >= 11 is 0. The van der Waals surface area contributed by atoms with Gasteiger partial charge in [0.05, 0.1) is 0 Å². The highest BCUT2D eigenvalue weighted by Crippen LogP contribution is 2.27. The van der Waals surface area contributed by atoms with E-state index in [0.717, 1.165) is 6.54 Å². The van der Waals surface area contributed by atoms with E-state index in [9.17, 15) is 0 Å². The van der Waals surface area contributed by atoms with Crippen molar-refractivity contribution in [2.24, 2.45) is 0 Å². The second kappa shape index (κ2) is 7.69. The van der Waals surface area contributed by atoms with Crippen LogP contribution < -0.4 is 5.32 Å². The van der Waals surface area contributed by atoms with Crippen LogP contribution in [0.1, 0.15) is 59.6 Å². The Morgan fingerprint density at radius 3 is 1.74 bits per heavy atom. The molecular weight excluding hydrogens is 230 g/mol. The average Bonchev–Trinajstić information content (AvgIpc) is 2.41. The van der Waals surface area contributed by atoms with Crippen LogP contribution in [0.5, 0.6) is 0 Å². The molecule has 0 spiro atoms. The number of unbranched alkanes of at least 4 members (excludes halogenated alkanes) is 2. The molecular formula is C18H31N. The van der Waals surface area contributed by atoms with E-state index in [-0.39, 0.29) is 0 Å². The monoisotopic (exact) mass is 261 g/mol. The van der Waals surface area contributed by atoms with Crippen molar-refractivity contribution < 1.29 is 0 Å². The number of rotatable bonds is 7. The van der Waals surface area contributed by atoms with Crippen molar-refractivity contribution in [2.75, 3.05) is 13.1 Å². The zero-order valence-corrected chi connectivity index (χ0v) is 13.7. The number of hydrogen-bond acceptors (Lipinski definition) is 1. The first-order valence-corrected chi connectivity index (χ1v) is 7.77. The standard InChI is InChI=1S/C18H31N/c1-7-19-12-10-8-9-11-18-16(5)14(3)13(2)15(4)17(18)6/h19H,7-12H2,1-6H3. The van der Waals surface area contributed by atoms with Gasteiger partial charge in [0.2, 0.25) is 0 Å². The van der Waals surface area contributed by atoms with Gasteiger partial charge < -0.3 is 5.32 Å². The van der Waals surface area contributed by atoms with Gasteiger partial charge in [-0.25, -0.2) is 0 Å². The predicted octanol–water partition coefficient (Wildman–Crippen LogP) is 4.55. The summed E-state index contributed by atoms with van der Waals surface area (Å²) < 4.78 is 0. The molecule has 108 valence electrons. The van der Waals surface area contributed by atoms with E-state index in [1.807, 2.05) is 0 Å². The maximum Gasteiger partial charge on any atom is -0.00490 e. The lowest BCUT2D eigenvalue weighted by Gasteiger charge is -2.18. The molecule has 0 bridgehead atoms. The summed E-state index contributed by atoms with van der Waals surface area (Å²) in [6, 6.07) is 0. The molecule has 0 aliphatic rings. The van der Waals surface area contributed by atoms with Crippen molar-refractivity contribution in [2.45, 2.75) is 67.2 Å². The van der Waals surface area contributed by atoms with Gasteiger partial charge in [0.1, 0.15) is 0 Å². The van der Waals surface area contributed by atoms with Gasteiger partial charge in [0.25, 0.3) is 0 Å². The second-order valence-electron chi connectivity index (χ2n) is 5.77. The summed E-state index contributed by atoms with van der Waals surface area (Å²) in [5, 5.41) is 3.40. The van der Waals surface area contributed by atoms with E-state index >= 15 is 0 Å². The maximum absolute atomic E-state index is 3.40. The largest absolute Gasteiger partial charge is 0.317 e. The Kier molecular flexibility index (Phi) is 6.57. The lowest BCUT2D eigenvalue weighted by Crippen LogP contribution is -2.13. The summed E-state index contributed by atoms with van der Waals surface area (Å²) in [6.07, 6.45) is 5.19. The highest BCUT2D eigenvalue weighted by molar-refractivity contribution is 5.49. The SMILES string of the molecule is CCNCCCCCc1c(C)c(C)c(C)c(C)c1C. The maximum atomic E-state index is 3.40. The summed E-state index contributed by atoms with van der Waals surface area (Å²) in [6.45, 7) is 15.8. The third-order valence-electron chi connectivity index (χ3n) is 4.69. The van der Waals surface area contributed by atoms with Crippen molar-refractivity contribution in [1.82, 2.24) is 5.32 Å². The first kappa shape index (κ1) is 16.2. The van der Waals surface area contributed by atoms with Gasteiger partial charge >= 0.3 is 0 Å². The van der Waals surface area contributed by atoms with Gasteiger partial charge in [-0.15, -0.1) is 0 Å². The van der Waals surface area contributed by atoms with Crippen LogP contribution in [0.4, 0.5) is 0 Å². The second-order valence-corrected chi connectivity index (χ2v) is 5.77. The predicted molar refractivity (Wildman–Crippen MR) is 86.2 cm³/mol. The molecule has 0 radical (unpaired) electrons. The minimum absolute atomic E-state index is 1.09. The van der Waals surface area contributed by atoms with Crippen LogP contribution >= 0.6 is 0 Å². The highest BCUT2D eigenvalue weighted by atomic mass is 14.8. The van der Waals surface area contributed by atoms with E-state index in [4.69, 9.17) is 0 Å². The molecule has 0 amide bonds. The molecule has 0 aliphatic carbocycles. The van der Waals surface area contributed by atoms with Crippen LogP contribution in [0.15, 0.2) is 0 Å². The molecule has 0 aliphatic heterocycles. The fourth-order valence-corrected chi connectivity index (χ4v) is 2.86. The fourth-order valence-electron chi connectivity index (χ4n) is 2.86. The Morgan fingerprint density at radius 1 is 0.684 bits per heavy atom. The van der Waals surface area contributed by atoms with Gasteiger partial charge in [0.15, 0.2) is 0 Å². The summed E-state index contributed by atoms with van der Waals surface area (Å²) in [5.74, 6) is 0. The number of hydrogen-bond donors (Lipinski definition) is 1. The average molecular weight is 261 g/mol. The molecule has 0 unspecified atom stereocenters. The third kappa shape index (κ3) is 4.07. The van der Waals surface area contributed by atoms with Gasteiger partial charge in [-0.3, -0.25) is 0 Å². The van der Waals surface area contributed by atoms with Gasteiger partial charge in [-0.05, 0) is 100 Å². The Morgan fingerprint density at radius 2 is 1.21 bits per heavy atom. The van der Waals surface area contributed by atoms with Crippen LogP contribution in [0.25, 0.3) is 0 Å². The van der Waals surface area contributed by atoms with E-state index in [1.165, 1.54) is 60.0 Å². The van der Waals surface area contributed by atoms with Gasteiger partial charge in [-0.1, -0.05) is 13.3 Å².